The van der Waals surface area contributed by atoms with Gasteiger partial charge in [0.15, 0.2) is 0 Å². The molecule has 1 saturated heterocycles. The van der Waals surface area contributed by atoms with Gasteiger partial charge in [0.05, 0.1) is 4.58 Å². The van der Waals surface area contributed by atoms with Crippen molar-refractivity contribution in [3.8, 4) is 0 Å². The Labute approximate surface area is 154 Å². The van der Waals surface area contributed by atoms with Crippen molar-refractivity contribution in [2.75, 3.05) is 22.6 Å². The third-order valence-electron chi connectivity index (χ3n) is 3.49. The highest BCUT2D eigenvalue weighted by Gasteiger charge is 2.18. The highest BCUT2D eigenvalue weighted by molar-refractivity contribution is 8.19. The Hall–Kier alpha value is -1.11. The Morgan fingerprint density at radius 2 is 1.96 bits per heavy atom. The van der Waals surface area contributed by atoms with Crippen LogP contribution in [0.3, 0.4) is 0 Å². The summed E-state index contributed by atoms with van der Waals surface area (Å²) in [6.45, 7) is 0. The van der Waals surface area contributed by atoms with Crippen molar-refractivity contribution in [1.29, 1.82) is 0 Å². The highest BCUT2D eigenvalue weighted by atomic mass is 32.2. The van der Waals surface area contributed by atoms with Crippen molar-refractivity contribution < 1.29 is 9.18 Å². The lowest BCUT2D eigenvalue weighted by Gasteiger charge is -2.11. The summed E-state index contributed by atoms with van der Waals surface area (Å²) in [4.78, 5) is 12.7. The number of anilines is 1. The van der Waals surface area contributed by atoms with Crippen LogP contribution in [0.2, 0.25) is 0 Å². The first-order valence-corrected chi connectivity index (χ1v) is 10.8. The minimum absolute atomic E-state index is 0.0392. The molecule has 1 N–H and O–H groups in total. The zero-order chi connectivity index (χ0) is 16.8. The van der Waals surface area contributed by atoms with E-state index in [1.807, 2.05) is 35.7 Å². The zero-order valence-corrected chi connectivity index (χ0v) is 15.5. The number of hydrogen-bond acceptors (Lipinski definition) is 4. The van der Waals surface area contributed by atoms with Crippen LogP contribution in [0, 0.1) is 5.82 Å². The van der Waals surface area contributed by atoms with Gasteiger partial charge in [0.2, 0.25) is 5.91 Å². The quantitative estimate of drug-likeness (QED) is 0.678. The van der Waals surface area contributed by atoms with Crippen LogP contribution in [0.15, 0.2) is 53.4 Å². The summed E-state index contributed by atoms with van der Waals surface area (Å²) < 4.78 is 14.0. The second kappa shape index (κ2) is 8.83. The summed E-state index contributed by atoms with van der Waals surface area (Å²) in [6, 6.07) is 14.7. The highest BCUT2D eigenvalue weighted by Crippen LogP contribution is 2.45. The van der Waals surface area contributed by atoms with Crippen LogP contribution in [0.4, 0.5) is 10.1 Å². The van der Waals surface area contributed by atoms with Crippen molar-refractivity contribution in [1.82, 2.24) is 0 Å². The SMILES string of the molecule is O=C(CCSc1ccccc1F)Nc1cccc(C2SCCS2)c1. The van der Waals surface area contributed by atoms with E-state index in [1.165, 1.54) is 34.9 Å². The zero-order valence-electron chi connectivity index (χ0n) is 13.0. The summed E-state index contributed by atoms with van der Waals surface area (Å²) in [5.41, 5.74) is 2.09. The molecule has 1 amide bonds. The van der Waals surface area contributed by atoms with Crippen molar-refractivity contribution in [3.05, 3.63) is 59.9 Å². The van der Waals surface area contributed by atoms with Gasteiger partial charge in [-0.25, -0.2) is 4.39 Å². The van der Waals surface area contributed by atoms with Crippen LogP contribution >= 0.6 is 35.3 Å². The molecule has 3 rings (SSSR count). The van der Waals surface area contributed by atoms with E-state index in [4.69, 9.17) is 0 Å². The van der Waals surface area contributed by atoms with Crippen LogP contribution in [0.1, 0.15) is 16.6 Å². The van der Waals surface area contributed by atoms with Gasteiger partial charge in [0, 0.05) is 34.3 Å². The fourth-order valence-corrected chi connectivity index (χ4v) is 6.08. The third-order valence-corrected chi connectivity index (χ3v) is 7.64. The fraction of sp³-hybridized carbons (Fsp3) is 0.278. The molecule has 0 aliphatic carbocycles. The summed E-state index contributed by atoms with van der Waals surface area (Å²) in [5, 5.41) is 2.94. The predicted molar refractivity (Wildman–Crippen MR) is 104 cm³/mol. The summed E-state index contributed by atoms with van der Waals surface area (Å²) in [5.74, 6) is 2.64. The summed E-state index contributed by atoms with van der Waals surface area (Å²) >= 11 is 5.26. The van der Waals surface area contributed by atoms with E-state index < -0.39 is 0 Å². The van der Waals surface area contributed by atoms with Gasteiger partial charge in [-0.15, -0.1) is 35.3 Å². The van der Waals surface area contributed by atoms with Gasteiger partial charge in [0.1, 0.15) is 5.82 Å². The van der Waals surface area contributed by atoms with E-state index in [1.54, 1.807) is 18.2 Å². The minimum Gasteiger partial charge on any atom is -0.326 e. The molecule has 2 aromatic rings. The number of benzene rings is 2. The van der Waals surface area contributed by atoms with Crippen LogP contribution in [0.5, 0.6) is 0 Å². The monoisotopic (exact) mass is 379 g/mol. The number of halogens is 1. The van der Waals surface area contributed by atoms with E-state index >= 15 is 0 Å². The largest absolute Gasteiger partial charge is 0.326 e. The maximum atomic E-state index is 13.5. The Balaban J connectivity index is 1.50. The van der Waals surface area contributed by atoms with E-state index in [0.717, 1.165) is 5.69 Å². The van der Waals surface area contributed by atoms with Crippen LogP contribution in [-0.2, 0) is 4.79 Å². The molecule has 1 aliphatic heterocycles. The molecule has 126 valence electrons. The molecule has 0 unspecified atom stereocenters. The molecule has 0 saturated carbocycles. The van der Waals surface area contributed by atoms with E-state index in [9.17, 15) is 9.18 Å². The molecule has 0 bridgehead atoms. The van der Waals surface area contributed by atoms with Crippen LogP contribution < -0.4 is 5.32 Å². The first kappa shape index (κ1) is 17.7. The van der Waals surface area contributed by atoms with Crippen molar-refractivity contribution in [3.63, 3.8) is 0 Å². The Kier molecular flexibility index (Phi) is 6.51. The normalized spacial score (nSPS) is 14.7. The number of carbonyl (C=O) groups excluding carboxylic acids is 1. The van der Waals surface area contributed by atoms with Crippen LogP contribution in [0.25, 0.3) is 0 Å². The molecular weight excluding hydrogens is 361 g/mol. The maximum Gasteiger partial charge on any atom is 0.225 e. The molecule has 2 nitrogen and oxygen atoms in total. The molecule has 0 spiro atoms. The maximum absolute atomic E-state index is 13.5. The summed E-state index contributed by atoms with van der Waals surface area (Å²) in [6.07, 6.45) is 0.357. The Morgan fingerprint density at radius 3 is 2.75 bits per heavy atom. The average molecular weight is 380 g/mol. The van der Waals surface area contributed by atoms with Gasteiger partial charge in [-0.1, -0.05) is 24.3 Å². The Morgan fingerprint density at radius 1 is 1.17 bits per heavy atom. The number of carbonyl (C=O) groups is 1. The van der Waals surface area contributed by atoms with Crippen molar-refractivity contribution in [2.45, 2.75) is 15.9 Å². The number of thioether (sulfide) groups is 3. The third kappa shape index (κ3) is 4.94. The molecule has 0 atom stereocenters. The predicted octanol–water partition coefficient (Wildman–Crippen LogP) is 5.43. The van der Waals surface area contributed by atoms with Crippen LogP contribution in [-0.4, -0.2) is 23.2 Å². The van der Waals surface area contributed by atoms with Gasteiger partial charge < -0.3 is 5.32 Å². The first-order valence-electron chi connectivity index (χ1n) is 7.73. The second-order valence-electron chi connectivity index (χ2n) is 5.28. The molecule has 24 heavy (non-hydrogen) atoms. The molecule has 0 aromatic heterocycles. The second-order valence-corrected chi connectivity index (χ2v) is 9.14. The standard InChI is InChI=1S/C18H18FNOS3/c19-15-6-1-2-7-16(15)22-9-8-17(21)20-14-5-3-4-13(12-14)18-23-10-11-24-18/h1-7,12,18H,8-11H2,(H,20,21). The van der Waals surface area contributed by atoms with E-state index in [-0.39, 0.29) is 11.7 Å². The van der Waals surface area contributed by atoms with E-state index in [0.29, 0.717) is 21.7 Å². The number of rotatable bonds is 6. The van der Waals surface area contributed by atoms with Crippen molar-refractivity contribution in [2.24, 2.45) is 0 Å². The lowest BCUT2D eigenvalue weighted by atomic mass is 10.2. The first-order chi connectivity index (χ1) is 11.7. The average Bonchev–Trinajstić information content (AvgIpc) is 3.11. The van der Waals surface area contributed by atoms with Gasteiger partial charge in [0.25, 0.3) is 0 Å². The van der Waals surface area contributed by atoms with Gasteiger partial charge in [-0.05, 0) is 29.8 Å². The lowest BCUT2D eigenvalue weighted by molar-refractivity contribution is -0.115. The molecular formula is C18H18FNOS3. The number of amides is 1. The molecule has 1 heterocycles. The number of hydrogen-bond donors (Lipinski definition) is 1. The Bertz CT molecular complexity index is 704. The smallest absolute Gasteiger partial charge is 0.225 e. The lowest BCUT2D eigenvalue weighted by Crippen LogP contribution is -2.12. The van der Waals surface area contributed by atoms with Crippen molar-refractivity contribution >= 4 is 46.9 Å². The molecule has 2 aromatic carbocycles. The fourth-order valence-electron chi connectivity index (χ4n) is 2.35. The molecule has 6 heteroatoms. The van der Waals surface area contributed by atoms with Gasteiger partial charge in [-0.2, -0.15) is 0 Å². The van der Waals surface area contributed by atoms with Gasteiger partial charge >= 0.3 is 0 Å². The minimum atomic E-state index is -0.234. The topological polar surface area (TPSA) is 29.1 Å². The molecule has 1 fully saturated rings. The summed E-state index contributed by atoms with van der Waals surface area (Å²) in [7, 11) is 0. The van der Waals surface area contributed by atoms with Gasteiger partial charge in [-0.3, -0.25) is 4.79 Å². The molecule has 0 radical (unpaired) electrons. The van der Waals surface area contributed by atoms with E-state index in [2.05, 4.69) is 17.4 Å². The molecule has 1 aliphatic rings. The number of nitrogens with one attached hydrogen (secondary N) is 1.